The molecule has 0 saturated heterocycles. The van der Waals surface area contributed by atoms with Gasteiger partial charge in [0.25, 0.3) is 0 Å². The number of aliphatic hydroxyl groups is 1. The average molecular weight is 248 g/mol. The van der Waals surface area contributed by atoms with Crippen LogP contribution in [0.2, 0.25) is 0 Å². The summed E-state index contributed by atoms with van der Waals surface area (Å²) in [5.41, 5.74) is 2.30. The average Bonchev–Trinajstić information content (AvgIpc) is 2.35. The summed E-state index contributed by atoms with van der Waals surface area (Å²) in [5.74, 6) is 0.439. The minimum absolute atomic E-state index is 0.104. The molecule has 0 bridgehead atoms. The van der Waals surface area contributed by atoms with Crippen LogP contribution in [-0.4, -0.2) is 34.7 Å². The van der Waals surface area contributed by atoms with Gasteiger partial charge in [-0.25, -0.2) is 0 Å². The van der Waals surface area contributed by atoms with Gasteiger partial charge in [0.2, 0.25) is 0 Å². The van der Waals surface area contributed by atoms with Crippen molar-refractivity contribution in [1.82, 2.24) is 9.88 Å². The van der Waals surface area contributed by atoms with Gasteiger partial charge >= 0.3 is 0 Å². The highest BCUT2D eigenvalue weighted by molar-refractivity contribution is 5.12. The van der Waals surface area contributed by atoms with E-state index in [4.69, 9.17) is 0 Å². The van der Waals surface area contributed by atoms with Crippen molar-refractivity contribution in [3.05, 3.63) is 29.6 Å². The number of aliphatic hydroxyl groups excluding tert-OH is 1. The smallest absolute Gasteiger partial charge is 0.0580 e. The van der Waals surface area contributed by atoms with Crippen LogP contribution in [0, 0.1) is 12.8 Å². The second-order valence-corrected chi connectivity index (χ2v) is 5.64. The number of hydrogen-bond donors (Lipinski definition) is 1. The van der Waals surface area contributed by atoms with Crippen molar-refractivity contribution in [3.8, 4) is 0 Å². The van der Waals surface area contributed by atoms with Crippen molar-refractivity contribution in [1.29, 1.82) is 0 Å². The number of hydrogen-bond acceptors (Lipinski definition) is 3. The molecule has 100 valence electrons. The first kappa shape index (κ1) is 13.5. The maximum atomic E-state index is 9.98. The Morgan fingerprint density at radius 3 is 2.78 bits per heavy atom. The Morgan fingerprint density at radius 1 is 1.33 bits per heavy atom. The van der Waals surface area contributed by atoms with E-state index in [0.717, 1.165) is 31.6 Å². The van der Waals surface area contributed by atoms with Gasteiger partial charge in [-0.15, -0.1) is 0 Å². The Labute approximate surface area is 110 Å². The predicted molar refractivity (Wildman–Crippen MR) is 73.3 cm³/mol. The molecule has 1 heterocycles. The lowest BCUT2D eigenvalue weighted by molar-refractivity contribution is 0.0500. The highest BCUT2D eigenvalue weighted by atomic mass is 16.3. The Balaban J connectivity index is 1.84. The number of pyridine rings is 1. The van der Waals surface area contributed by atoms with Crippen molar-refractivity contribution < 1.29 is 5.11 Å². The van der Waals surface area contributed by atoms with Crippen LogP contribution in [0.4, 0.5) is 0 Å². The molecule has 1 N–H and O–H groups in total. The van der Waals surface area contributed by atoms with Gasteiger partial charge in [-0.2, -0.15) is 0 Å². The Morgan fingerprint density at radius 2 is 2.11 bits per heavy atom. The lowest BCUT2D eigenvalue weighted by atomic mass is 9.86. The van der Waals surface area contributed by atoms with Crippen LogP contribution >= 0.6 is 0 Å². The first-order chi connectivity index (χ1) is 8.65. The highest BCUT2D eigenvalue weighted by Gasteiger charge is 2.24. The quantitative estimate of drug-likeness (QED) is 0.888. The summed E-state index contributed by atoms with van der Waals surface area (Å²) in [6, 6.07) is 4.19. The zero-order valence-corrected chi connectivity index (χ0v) is 11.5. The van der Waals surface area contributed by atoms with E-state index in [2.05, 4.69) is 36.0 Å². The second-order valence-electron chi connectivity index (χ2n) is 5.64. The minimum Gasteiger partial charge on any atom is -0.393 e. The molecule has 18 heavy (non-hydrogen) atoms. The highest BCUT2D eigenvalue weighted by Crippen LogP contribution is 2.25. The van der Waals surface area contributed by atoms with E-state index in [1.165, 1.54) is 18.4 Å². The molecular weight excluding hydrogens is 224 g/mol. The number of nitrogens with zero attached hydrogens (tertiary/aromatic N) is 2. The summed E-state index contributed by atoms with van der Waals surface area (Å²) in [7, 11) is 2.11. The van der Waals surface area contributed by atoms with Gasteiger partial charge in [-0.1, -0.05) is 18.9 Å². The molecule has 3 nitrogen and oxygen atoms in total. The van der Waals surface area contributed by atoms with Crippen molar-refractivity contribution in [2.24, 2.45) is 5.92 Å². The number of rotatable bonds is 4. The molecule has 1 aromatic rings. The van der Waals surface area contributed by atoms with E-state index in [0.29, 0.717) is 5.92 Å². The first-order valence-corrected chi connectivity index (χ1v) is 6.93. The summed E-state index contributed by atoms with van der Waals surface area (Å²) in [4.78, 5) is 6.70. The Kier molecular flexibility index (Phi) is 4.72. The van der Waals surface area contributed by atoms with E-state index >= 15 is 0 Å². The molecule has 0 radical (unpaired) electrons. The standard InChI is InChI=1S/C15H24N2O/c1-12-7-8-14(16-9-12)11-17(2)10-13-5-3-4-6-15(13)18/h7-9,13,15,18H,3-6,10-11H2,1-2H3. The lowest BCUT2D eigenvalue weighted by Gasteiger charge is -2.31. The van der Waals surface area contributed by atoms with Crippen LogP contribution in [0.1, 0.15) is 36.9 Å². The second kappa shape index (κ2) is 6.30. The molecule has 0 spiro atoms. The molecule has 3 heteroatoms. The van der Waals surface area contributed by atoms with Crippen LogP contribution in [-0.2, 0) is 6.54 Å². The minimum atomic E-state index is -0.104. The maximum absolute atomic E-state index is 9.98. The molecule has 0 aliphatic heterocycles. The van der Waals surface area contributed by atoms with Gasteiger partial charge in [0.15, 0.2) is 0 Å². The van der Waals surface area contributed by atoms with Crippen molar-refractivity contribution in [2.75, 3.05) is 13.6 Å². The first-order valence-electron chi connectivity index (χ1n) is 6.93. The third-order valence-electron chi connectivity index (χ3n) is 3.82. The van der Waals surface area contributed by atoms with Gasteiger partial charge in [0.05, 0.1) is 11.8 Å². The largest absolute Gasteiger partial charge is 0.393 e. The molecule has 1 fully saturated rings. The maximum Gasteiger partial charge on any atom is 0.0580 e. The van der Waals surface area contributed by atoms with Gasteiger partial charge in [0, 0.05) is 19.3 Å². The van der Waals surface area contributed by atoms with E-state index in [1.807, 2.05) is 6.20 Å². The van der Waals surface area contributed by atoms with E-state index < -0.39 is 0 Å². The summed E-state index contributed by atoms with van der Waals surface area (Å²) in [6.45, 7) is 3.89. The van der Waals surface area contributed by atoms with E-state index in [1.54, 1.807) is 0 Å². The molecule has 1 aliphatic carbocycles. The predicted octanol–water partition coefficient (Wildman–Crippen LogP) is 2.37. The zero-order chi connectivity index (χ0) is 13.0. The summed E-state index contributed by atoms with van der Waals surface area (Å²) in [5, 5.41) is 9.98. The Hall–Kier alpha value is -0.930. The van der Waals surface area contributed by atoms with Crippen LogP contribution in [0.25, 0.3) is 0 Å². The van der Waals surface area contributed by atoms with Gasteiger partial charge in [-0.05, 0) is 44.4 Å². The van der Waals surface area contributed by atoms with Crippen molar-refractivity contribution in [2.45, 2.75) is 45.3 Å². The van der Waals surface area contributed by atoms with E-state index in [9.17, 15) is 5.11 Å². The van der Waals surface area contributed by atoms with Gasteiger partial charge in [0.1, 0.15) is 0 Å². The molecular formula is C15H24N2O. The van der Waals surface area contributed by atoms with Crippen LogP contribution < -0.4 is 0 Å². The SMILES string of the molecule is Cc1ccc(CN(C)CC2CCCCC2O)nc1. The number of aryl methyl sites for hydroxylation is 1. The fourth-order valence-electron chi connectivity index (χ4n) is 2.73. The van der Waals surface area contributed by atoms with Crippen LogP contribution in [0.3, 0.4) is 0 Å². The van der Waals surface area contributed by atoms with Crippen LogP contribution in [0.5, 0.6) is 0 Å². The summed E-state index contributed by atoms with van der Waals surface area (Å²) < 4.78 is 0. The molecule has 0 amide bonds. The summed E-state index contributed by atoms with van der Waals surface area (Å²) in [6.07, 6.45) is 6.39. The van der Waals surface area contributed by atoms with Crippen molar-refractivity contribution in [3.63, 3.8) is 0 Å². The number of aromatic nitrogens is 1. The topological polar surface area (TPSA) is 36.4 Å². The monoisotopic (exact) mass is 248 g/mol. The molecule has 2 rings (SSSR count). The molecule has 2 unspecified atom stereocenters. The normalized spacial score (nSPS) is 24.4. The fourth-order valence-corrected chi connectivity index (χ4v) is 2.73. The molecule has 0 aromatic carbocycles. The van der Waals surface area contributed by atoms with Crippen molar-refractivity contribution >= 4 is 0 Å². The van der Waals surface area contributed by atoms with Crippen LogP contribution in [0.15, 0.2) is 18.3 Å². The van der Waals surface area contributed by atoms with E-state index in [-0.39, 0.29) is 6.10 Å². The molecule has 1 aromatic heterocycles. The third kappa shape index (κ3) is 3.79. The van der Waals surface area contributed by atoms with Gasteiger partial charge in [-0.3, -0.25) is 4.98 Å². The summed E-state index contributed by atoms with van der Waals surface area (Å²) >= 11 is 0. The molecule has 1 aliphatic rings. The third-order valence-corrected chi connectivity index (χ3v) is 3.82. The lowest BCUT2D eigenvalue weighted by Crippen LogP contribution is -2.34. The molecule has 2 atom stereocenters. The Bertz CT molecular complexity index is 363. The molecule has 1 saturated carbocycles. The van der Waals surface area contributed by atoms with Gasteiger partial charge < -0.3 is 10.0 Å². The fraction of sp³-hybridized carbons (Fsp3) is 0.667. The zero-order valence-electron chi connectivity index (χ0n) is 11.5.